The van der Waals surface area contributed by atoms with Crippen LogP contribution in [0.2, 0.25) is 0 Å². The summed E-state index contributed by atoms with van der Waals surface area (Å²) < 4.78 is 1.77. The molecule has 1 saturated heterocycles. The largest absolute Gasteiger partial charge is 0.396 e. The predicted octanol–water partition coefficient (Wildman–Crippen LogP) is 1.28. The summed E-state index contributed by atoms with van der Waals surface area (Å²) in [5.41, 5.74) is 0.674. The first kappa shape index (κ1) is 13.1. The standard InChI is InChI=1S/C13H21N3O2/c1-2-15-10-11(9-14-15)13(18)16-7-3-5-12(16)6-4-8-17/h9-10,12,17H,2-8H2,1H3. The van der Waals surface area contributed by atoms with Gasteiger partial charge in [0.1, 0.15) is 0 Å². The molecule has 2 rings (SSSR count). The average molecular weight is 251 g/mol. The highest BCUT2D eigenvalue weighted by atomic mass is 16.3. The Morgan fingerprint density at radius 2 is 2.44 bits per heavy atom. The van der Waals surface area contributed by atoms with Gasteiger partial charge in [-0.1, -0.05) is 0 Å². The monoisotopic (exact) mass is 251 g/mol. The summed E-state index contributed by atoms with van der Waals surface area (Å²) in [6, 6.07) is 0.287. The van der Waals surface area contributed by atoms with E-state index in [1.807, 2.05) is 18.0 Å². The first-order valence-corrected chi connectivity index (χ1v) is 6.70. The second kappa shape index (κ2) is 6.00. The molecule has 1 aliphatic rings. The molecule has 0 bridgehead atoms. The number of aryl methyl sites for hydroxylation is 1. The van der Waals surface area contributed by atoms with Crippen molar-refractivity contribution < 1.29 is 9.90 Å². The summed E-state index contributed by atoms with van der Waals surface area (Å²) in [5.74, 6) is 0.0788. The highest BCUT2D eigenvalue weighted by Crippen LogP contribution is 2.23. The van der Waals surface area contributed by atoms with Gasteiger partial charge in [0, 0.05) is 31.9 Å². The Balaban J connectivity index is 2.02. The van der Waals surface area contributed by atoms with Crippen LogP contribution < -0.4 is 0 Å². The molecule has 0 aromatic carbocycles. The quantitative estimate of drug-likeness (QED) is 0.857. The molecule has 1 amide bonds. The first-order valence-electron chi connectivity index (χ1n) is 6.70. The number of aliphatic hydroxyl groups is 1. The number of rotatable bonds is 5. The SMILES string of the molecule is CCn1cc(C(=O)N2CCCC2CCCO)cn1. The molecule has 1 N–H and O–H groups in total. The Bertz CT molecular complexity index is 403. The average Bonchev–Trinajstić information content (AvgIpc) is 3.04. The van der Waals surface area contributed by atoms with Crippen LogP contribution in [0.25, 0.3) is 0 Å². The topological polar surface area (TPSA) is 58.4 Å². The summed E-state index contributed by atoms with van der Waals surface area (Å²) >= 11 is 0. The Kier molecular flexibility index (Phi) is 4.36. The van der Waals surface area contributed by atoms with Gasteiger partial charge >= 0.3 is 0 Å². The maximum Gasteiger partial charge on any atom is 0.257 e. The summed E-state index contributed by atoms with van der Waals surface area (Å²) in [7, 11) is 0. The minimum absolute atomic E-state index is 0.0788. The minimum atomic E-state index is 0.0788. The zero-order chi connectivity index (χ0) is 13.0. The van der Waals surface area contributed by atoms with Gasteiger partial charge in [0.15, 0.2) is 0 Å². The van der Waals surface area contributed by atoms with Gasteiger partial charge in [-0.05, 0) is 32.6 Å². The van der Waals surface area contributed by atoms with E-state index in [1.54, 1.807) is 10.9 Å². The van der Waals surface area contributed by atoms with E-state index in [0.29, 0.717) is 5.56 Å². The van der Waals surface area contributed by atoms with E-state index in [0.717, 1.165) is 38.8 Å². The van der Waals surface area contributed by atoms with Crippen LogP contribution in [0, 0.1) is 0 Å². The van der Waals surface area contributed by atoms with E-state index < -0.39 is 0 Å². The highest BCUT2D eigenvalue weighted by molar-refractivity contribution is 5.94. The lowest BCUT2D eigenvalue weighted by Gasteiger charge is -2.24. The molecule has 18 heavy (non-hydrogen) atoms. The zero-order valence-corrected chi connectivity index (χ0v) is 10.9. The van der Waals surface area contributed by atoms with Crippen molar-refractivity contribution >= 4 is 5.91 Å². The predicted molar refractivity (Wildman–Crippen MR) is 68.3 cm³/mol. The van der Waals surface area contributed by atoms with Crippen LogP contribution in [0.15, 0.2) is 12.4 Å². The molecule has 0 spiro atoms. The summed E-state index contributed by atoms with van der Waals surface area (Å²) in [4.78, 5) is 14.3. The molecule has 1 fully saturated rings. The van der Waals surface area contributed by atoms with E-state index in [1.165, 1.54) is 0 Å². The maximum atomic E-state index is 12.4. The molecule has 5 heteroatoms. The van der Waals surface area contributed by atoms with Gasteiger partial charge in [-0.2, -0.15) is 5.10 Å². The molecular formula is C13H21N3O2. The molecular weight excluding hydrogens is 230 g/mol. The molecule has 100 valence electrons. The molecule has 0 saturated carbocycles. The van der Waals surface area contributed by atoms with Crippen LogP contribution in [-0.4, -0.2) is 44.9 Å². The molecule has 1 aromatic rings. The van der Waals surface area contributed by atoms with Crippen molar-refractivity contribution in [3.05, 3.63) is 18.0 Å². The first-order chi connectivity index (χ1) is 8.76. The van der Waals surface area contributed by atoms with Crippen molar-refractivity contribution in [2.24, 2.45) is 0 Å². The Morgan fingerprint density at radius 3 is 3.11 bits per heavy atom. The highest BCUT2D eigenvalue weighted by Gasteiger charge is 2.29. The lowest BCUT2D eigenvalue weighted by Crippen LogP contribution is -2.35. The molecule has 1 unspecified atom stereocenters. The molecule has 1 aromatic heterocycles. The fourth-order valence-corrected chi connectivity index (χ4v) is 2.54. The van der Waals surface area contributed by atoms with E-state index in [-0.39, 0.29) is 18.6 Å². The number of hydrogen-bond acceptors (Lipinski definition) is 3. The lowest BCUT2D eigenvalue weighted by atomic mass is 10.1. The van der Waals surface area contributed by atoms with Crippen LogP contribution >= 0.6 is 0 Å². The normalized spacial score (nSPS) is 19.4. The van der Waals surface area contributed by atoms with Gasteiger partial charge in [0.25, 0.3) is 5.91 Å². The third kappa shape index (κ3) is 2.72. The smallest absolute Gasteiger partial charge is 0.257 e. The van der Waals surface area contributed by atoms with Crippen LogP contribution in [0.3, 0.4) is 0 Å². The van der Waals surface area contributed by atoms with E-state index >= 15 is 0 Å². The van der Waals surface area contributed by atoms with Gasteiger partial charge in [0.05, 0.1) is 11.8 Å². The third-order valence-electron chi connectivity index (χ3n) is 3.54. The number of carbonyl (C=O) groups excluding carboxylic acids is 1. The van der Waals surface area contributed by atoms with Crippen molar-refractivity contribution in [3.63, 3.8) is 0 Å². The lowest BCUT2D eigenvalue weighted by molar-refractivity contribution is 0.0724. The maximum absolute atomic E-state index is 12.4. The zero-order valence-electron chi connectivity index (χ0n) is 10.9. The molecule has 2 heterocycles. The van der Waals surface area contributed by atoms with Crippen molar-refractivity contribution in [2.45, 2.75) is 45.2 Å². The number of aliphatic hydroxyl groups excluding tert-OH is 1. The van der Waals surface area contributed by atoms with Crippen LogP contribution in [-0.2, 0) is 6.54 Å². The molecule has 0 radical (unpaired) electrons. The van der Waals surface area contributed by atoms with Crippen molar-refractivity contribution in [1.82, 2.24) is 14.7 Å². The van der Waals surface area contributed by atoms with Crippen molar-refractivity contribution in [1.29, 1.82) is 0 Å². The fourth-order valence-electron chi connectivity index (χ4n) is 2.54. The summed E-state index contributed by atoms with van der Waals surface area (Å²) in [6.07, 6.45) is 7.22. The van der Waals surface area contributed by atoms with Crippen molar-refractivity contribution in [2.75, 3.05) is 13.2 Å². The van der Waals surface area contributed by atoms with Crippen LogP contribution in [0.1, 0.15) is 43.0 Å². The third-order valence-corrected chi connectivity index (χ3v) is 3.54. The van der Waals surface area contributed by atoms with Crippen molar-refractivity contribution in [3.8, 4) is 0 Å². The fraction of sp³-hybridized carbons (Fsp3) is 0.692. The molecule has 1 atom stereocenters. The Labute approximate surface area is 107 Å². The summed E-state index contributed by atoms with van der Waals surface area (Å²) in [5, 5.41) is 13.0. The number of hydrogen-bond donors (Lipinski definition) is 1. The van der Waals surface area contributed by atoms with Gasteiger partial charge in [-0.15, -0.1) is 0 Å². The van der Waals surface area contributed by atoms with Gasteiger partial charge in [-0.3, -0.25) is 9.48 Å². The second-order valence-corrected chi connectivity index (χ2v) is 4.75. The second-order valence-electron chi connectivity index (χ2n) is 4.75. The van der Waals surface area contributed by atoms with Gasteiger partial charge in [-0.25, -0.2) is 0 Å². The number of likely N-dealkylation sites (tertiary alicyclic amines) is 1. The number of aromatic nitrogens is 2. The molecule has 5 nitrogen and oxygen atoms in total. The number of amides is 1. The number of nitrogens with zero attached hydrogens (tertiary/aromatic N) is 3. The molecule has 1 aliphatic heterocycles. The molecule has 0 aliphatic carbocycles. The van der Waals surface area contributed by atoms with E-state index in [9.17, 15) is 4.79 Å². The number of carbonyl (C=O) groups is 1. The van der Waals surface area contributed by atoms with Crippen LogP contribution in [0.4, 0.5) is 0 Å². The van der Waals surface area contributed by atoms with Gasteiger partial charge in [0.2, 0.25) is 0 Å². The van der Waals surface area contributed by atoms with Crippen LogP contribution in [0.5, 0.6) is 0 Å². The Hall–Kier alpha value is -1.36. The van der Waals surface area contributed by atoms with Gasteiger partial charge < -0.3 is 10.0 Å². The Morgan fingerprint density at radius 1 is 1.61 bits per heavy atom. The summed E-state index contributed by atoms with van der Waals surface area (Å²) in [6.45, 7) is 3.81. The van der Waals surface area contributed by atoms with E-state index in [2.05, 4.69) is 5.10 Å². The van der Waals surface area contributed by atoms with E-state index in [4.69, 9.17) is 5.11 Å². The minimum Gasteiger partial charge on any atom is -0.396 e.